The Balaban J connectivity index is 1.96. The van der Waals surface area contributed by atoms with Crippen molar-refractivity contribution in [3.8, 4) is 0 Å². The van der Waals surface area contributed by atoms with Crippen LogP contribution in [0.2, 0.25) is 0 Å². The standard InChI is InChI=1S/C28H34N2O3S/c1-7-26(24-13-12-21(4)23(6)17-24)29-28(31)18-30(27-16-20(3)8-11-22(27)5)34(32,33)25-14-9-19(2)10-15-25/h8-17,26H,7,18H2,1-6H3,(H,29,31). The largest absolute Gasteiger partial charge is 0.348 e. The molecule has 6 heteroatoms. The lowest BCUT2D eigenvalue weighted by atomic mass is 9.99. The molecule has 180 valence electrons. The van der Waals surface area contributed by atoms with Crippen molar-refractivity contribution in [3.05, 3.63) is 94.0 Å². The molecule has 0 aliphatic carbocycles. The van der Waals surface area contributed by atoms with Crippen molar-refractivity contribution < 1.29 is 13.2 Å². The first kappa shape index (κ1) is 25.5. The van der Waals surface area contributed by atoms with Gasteiger partial charge in [-0.15, -0.1) is 0 Å². The minimum absolute atomic E-state index is 0.160. The van der Waals surface area contributed by atoms with Gasteiger partial charge in [0.05, 0.1) is 16.6 Å². The van der Waals surface area contributed by atoms with Crippen molar-refractivity contribution >= 4 is 21.6 Å². The van der Waals surface area contributed by atoms with Gasteiger partial charge in [-0.2, -0.15) is 0 Å². The molecule has 0 bridgehead atoms. The van der Waals surface area contributed by atoms with E-state index in [2.05, 4.69) is 18.3 Å². The normalized spacial score (nSPS) is 12.3. The van der Waals surface area contributed by atoms with E-state index in [1.807, 2.05) is 65.0 Å². The third-order valence-electron chi connectivity index (χ3n) is 6.21. The summed E-state index contributed by atoms with van der Waals surface area (Å²) >= 11 is 0. The van der Waals surface area contributed by atoms with E-state index < -0.39 is 10.0 Å². The molecule has 0 fully saturated rings. The molecule has 1 unspecified atom stereocenters. The molecule has 1 atom stereocenters. The van der Waals surface area contributed by atoms with E-state index in [0.29, 0.717) is 12.1 Å². The van der Waals surface area contributed by atoms with Crippen LogP contribution in [0.15, 0.2) is 65.6 Å². The Kier molecular flexibility index (Phi) is 7.82. The van der Waals surface area contributed by atoms with Crippen LogP contribution in [-0.2, 0) is 14.8 Å². The highest BCUT2D eigenvalue weighted by Crippen LogP contribution is 2.28. The van der Waals surface area contributed by atoms with E-state index in [4.69, 9.17) is 0 Å². The van der Waals surface area contributed by atoms with Crippen LogP contribution in [0.1, 0.15) is 52.8 Å². The van der Waals surface area contributed by atoms with E-state index in [-0.39, 0.29) is 23.4 Å². The van der Waals surface area contributed by atoms with Gasteiger partial charge < -0.3 is 5.32 Å². The number of hydrogen-bond acceptors (Lipinski definition) is 3. The first-order chi connectivity index (χ1) is 16.0. The van der Waals surface area contributed by atoms with Gasteiger partial charge in [-0.05, 0) is 87.1 Å². The maximum Gasteiger partial charge on any atom is 0.264 e. The Labute approximate surface area is 203 Å². The minimum atomic E-state index is -3.95. The van der Waals surface area contributed by atoms with Crippen LogP contribution in [0.5, 0.6) is 0 Å². The quantitative estimate of drug-likeness (QED) is 0.452. The predicted octanol–water partition coefficient (Wildman–Crippen LogP) is 5.69. The Morgan fingerprint density at radius 2 is 1.44 bits per heavy atom. The number of sulfonamides is 1. The Hall–Kier alpha value is -3.12. The number of carbonyl (C=O) groups is 1. The van der Waals surface area contributed by atoms with Crippen LogP contribution < -0.4 is 9.62 Å². The number of carbonyl (C=O) groups excluding carboxylic acids is 1. The van der Waals surface area contributed by atoms with Gasteiger partial charge in [-0.3, -0.25) is 9.10 Å². The molecule has 0 heterocycles. The second-order valence-electron chi connectivity index (χ2n) is 8.99. The summed E-state index contributed by atoms with van der Waals surface area (Å²) in [6.07, 6.45) is 0.697. The molecule has 0 aliphatic rings. The average Bonchev–Trinajstić information content (AvgIpc) is 2.79. The summed E-state index contributed by atoms with van der Waals surface area (Å²) < 4.78 is 28.6. The summed E-state index contributed by atoms with van der Waals surface area (Å²) in [6.45, 7) is 11.5. The fourth-order valence-corrected chi connectivity index (χ4v) is 5.38. The lowest BCUT2D eigenvalue weighted by Crippen LogP contribution is -2.42. The zero-order chi connectivity index (χ0) is 25.0. The third kappa shape index (κ3) is 5.68. The molecule has 0 spiro atoms. The van der Waals surface area contributed by atoms with Crippen molar-refractivity contribution in [2.75, 3.05) is 10.8 Å². The zero-order valence-corrected chi connectivity index (χ0v) is 21.7. The lowest BCUT2D eigenvalue weighted by Gasteiger charge is -2.27. The van der Waals surface area contributed by atoms with Crippen LogP contribution >= 0.6 is 0 Å². The summed E-state index contributed by atoms with van der Waals surface area (Å²) in [5.74, 6) is -0.346. The van der Waals surface area contributed by atoms with Gasteiger partial charge in [-0.25, -0.2) is 8.42 Å². The van der Waals surface area contributed by atoms with Crippen molar-refractivity contribution in [3.63, 3.8) is 0 Å². The highest BCUT2D eigenvalue weighted by Gasteiger charge is 2.29. The maximum absolute atomic E-state index is 13.7. The summed E-state index contributed by atoms with van der Waals surface area (Å²) in [5, 5.41) is 3.05. The fraction of sp³-hybridized carbons (Fsp3) is 0.321. The first-order valence-electron chi connectivity index (χ1n) is 11.6. The second-order valence-corrected chi connectivity index (χ2v) is 10.8. The lowest BCUT2D eigenvalue weighted by molar-refractivity contribution is -0.120. The smallest absolute Gasteiger partial charge is 0.264 e. The van der Waals surface area contributed by atoms with Crippen LogP contribution in [0.3, 0.4) is 0 Å². The number of hydrogen-bond donors (Lipinski definition) is 1. The van der Waals surface area contributed by atoms with Crippen molar-refractivity contribution in [1.29, 1.82) is 0 Å². The van der Waals surface area contributed by atoms with Gasteiger partial charge in [0.1, 0.15) is 6.54 Å². The van der Waals surface area contributed by atoms with Gasteiger partial charge in [0, 0.05) is 0 Å². The van der Waals surface area contributed by atoms with Gasteiger partial charge >= 0.3 is 0 Å². The van der Waals surface area contributed by atoms with Crippen LogP contribution in [0.25, 0.3) is 0 Å². The molecular weight excluding hydrogens is 444 g/mol. The Morgan fingerprint density at radius 3 is 2.06 bits per heavy atom. The fourth-order valence-electron chi connectivity index (χ4n) is 3.90. The van der Waals surface area contributed by atoms with Gasteiger partial charge in [0.15, 0.2) is 0 Å². The molecule has 1 N–H and O–H groups in total. The molecule has 0 aliphatic heterocycles. The van der Waals surface area contributed by atoms with E-state index in [9.17, 15) is 13.2 Å². The van der Waals surface area contributed by atoms with E-state index in [1.54, 1.807) is 24.3 Å². The predicted molar refractivity (Wildman–Crippen MR) is 139 cm³/mol. The number of benzene rings is 3. The summed E-state index contributed by atoms with van der Waals surface area (Å²) in [7, 11) is -3.95. The molecule has 0 saturated carbocycles. The molecular formula is C28H34N2O3S. The molecule has 0 radical (unpaired) electrons. The molecule has 5 nitrogen and oxygen atoms in total. The topological polar surface area (TPSA) is 66.5 Å². The monoisotopic (exact) mass is 478 g/mol. The zero-order valence-electron chi connectivity index (χ0n) is 20.8. The summed E-state index contributed by atoms with van der Waals surface area (Å²) in [6, 6.07) is 18.3. The SMILES string of the molecule is CCC(NC(=O)CN(c1cc(C)ccc1C)S(=O)(=O)c1ccc(C)cc1)c1ccc(C)c(C)c1. The van der Waals surface area contributed by atoms with Gasteiger partial charge in [-0.1, -0.05) is 55.0 Å². The third-order valence-corrected chi connectivity index (χ3v) is 7.98. The van der Waals surface area contributed by atoms with E-state index >= 15 is 0 Å². The van der Waals surface area contributed by atoms with Crippen molar-refractivity contribution in [2.24, 2.45) is 0 Å². The van der Waals surface area contributed by atoms with Gasteiger partial charge in [0.2, 0.25) is 5.91 Å². The number of nitrogens with one attached hydrogen (secondary N) is 1. The van der Waals surface area contributed by atoms with E-state index in [1.165, 1.54) is 9.87 Å². The summed E-state index contributed by atoms with van der Waals surface area (Å²) in [5.41, 5.74) is 6.55. The maximum atomic E-state index is 13.7. The molecule has 3 aromatic carbocycles. The number of nitrogens with zero attached hydrogens (tertiary/aromatic N) is 1. The molecule has 34 heavy (non-hydrogen) atoms. The second kappa shape index (κ2) is 10.4. The van der Waals surface area contributed by atoms with E-state index in [0.717, 1.165) is 27.8 Å². The number of aryl methyl sites for hydroxylation is 5. The van der Waals surface area contributed by atoms with Crippen LogP contribution in [0, 0.1) is 34.6 Å². The van der Waals surface area contributed by atoms with Crippen LogP contribution in [0.4, 0.5) is 5.69 Å². The van der Waals surface area contributed by atoms with Crippen molar-refractivity contribution in [2.45, 2.75) is 58.9 Å². The first-order valence-corrected chi connectivity index (χ1v) is 13.0. The molecule has 1 amide bonds. The number of rotatable bonds is 8. The number of amides is 1. The van der Waals surface area contributed by atoms with Crippen LogP contribution in [-0.4, -0.2) is 20.9 Å². The van der Waals surface area contributed by atoms with Gasteiger partial charge in [0.25, 0.3) is 10.0 Å². The Bertz CT molecular complexity index is 1280. The molecule has 0 saturated heterocycles. The number of anilines is 1. The molecule has 3 rings (SSSR count). The molecule has 3 aromatic rings. The van der Waals surface area contributed by atoms with Crippen molar-refractivity contribution in [1.82, 2.24) is 5.32 Å². The highest BCUT2D eigenvalue weighted by molar-refractivity contribution is 7.92. The highest BCUT2D eigenvalue weighted by atomic mass is 32.2. The average molecular weight is 479 g/mol. The minimum Gasteiger partial charge on any atom is -0.348 e. The Morgan fingerprint density at radius 1 is 0.824 bits per heavy atom. The molecule has 0 aromatic heterocycles. The summed E-state index contributed by atoms with van der Waals surface area (Å²) in [4.78, 5) is 13.4.